The van der Waals surface area contributed by atoms with Crippen LogP contribution in [0.1, 0.15) is 17.2 Å². The lowest BCUT2D eigenvalue weighted by Crippen LogP contribution is -2.38. The van der Waals surface area contributed by atoms with Gasteiger partial charge in [-0.2, -0.15) is 5.10 Å². The van der Waals surface area contributed by atoms with Crippen molar-refractivity contribution in [3.8, 4) is 0 Å². The van der Waals surface area contributed by atoms with Gasteiger partial charge in [0.05, 0.1) is 6.54 Å². The third-order valence-corrected chi connectivity index (χ3v) is 6.12. The number of hydrogen-bond donors (Lipinski definition) is 4. The summed E-state index contributed by atoms with van der Waals surface area (Å²) in [6.45, 7) is -0.167. The van der Waals surface area contributed by atoms with Gasteiger partial charge in [-0.15, -0.1) is 11.8 Å². The summed E-state index contributed by atoms with van der Waals surface area (Å²) in [6, 6.07) is 8.83. The molecule has 0 saturated carbocycles. The average Bonchev–Trinajstić information content (AvgIpc) is 3.24. The van der Waals surface area contributed by atoms with Crippen LogP contribution in [-0.2, 0) is 16.9 Å². The summed E-state index contributed by atoms with van der Waals surface area (Å²) < 4.78 is 14.8. The molecule has 31 heavy (non-hydrogen) atoms. The number of hydrogen-bond acceptors (Lipinski definition) is 7. The number of aliphatic hydroxyl groups is 2. The summed E-state index contributed by atoms with van der Waals surface area (Å²) >= 11 is 7.58. The first-order valence-electron chi connectivity index (χ1n) is 9.10. The fraction of sp³-hybridized carbons (Fsp3) is 0.250. The standard InChI is InChI=1S/C20H20ClFN4O4S/c21-16-7-14(31-8-17(23)19(28)29)5-6-15(16)18(27)20(30,9-26-11-24-10-25-26)12-1-3-13(22)4-2-12/h1-7,10-11,17-18,27,30H,8-9,23H2,(H,28,29)/t17-,18?,20?/m0/s1. The van der Waals surface area contributed by atoms with Crippen LogP contribution in [0.3, 0.4) is 0 Å². The van der Waals surface area contributed by atoms with E-state index in [9.17, 15) is 19.4 Å². The fourth-order valence-electron chi connectivity index (χ4n) is 2.97. The molecule has 0 amide bonds. The van der Waals surface area contributed by atoms with Crippen LogP contribution in [0.5, 0.6) is 0 Å². The van der Waals surface area contributed by atoms with E-state index in [1.165, 1.54) is 59.4 Å². The number of rotatable bonds is 9. The van der Waals surface area contributed by atoms with E-state index in [1.807, 2.05) is 0 Å². The predicted molar refractivity (Wildman–Crippen MR) is 113 cm³/mol. The van der Waals surface area contributed by atoms with Crippen LogP contribution in [0, 0.1) is 5.82 Å². The number of thioether (sulfide) groups is 1. The number of carbonyl (C=O) groups is 1. The molecular weight excluding hydrogens is 447 g/mol. The van der Waals surface area contributed by atoms with E-state index in [1.54, 1.807) is 12.1 Å². The Morgan fingerprint density at radius 2 is 2.00 bits per heavy atom. The number of carboxylic acid groups (broad SMARTS) is 1. The predicted octanol–water partition coefficient (Wildman–Crippen LogP) is 2.20. The second-order valence-electron chi connectivity index (χ2n) is 6.87. The zero-order valence-corrected chi connectivity index (χ0v) is 17.7. The molecule has 8 nitrogen and oxygen atoms in total. The number of benzene rings is 2. The van der Waals surface area contributed by atoms with E-state index >= 15 is 0 Å². The van der Waals surface area contributed by atoms with E-state index in [2.05, 4.69) is 10.1 Å². The molecule has 0 aliphatic heterocycles. The SMILES string of the molecule is N[C@@H](CSc1ccc(C(O)C(O)(Cn2cncn2)c2ccc(F)cc2)c(Cl)c1)C(=O)O. The van der Waals surface area contributed by atoms with Crippen molar-refractivity contribution in [2.45, 2.75) is 29.2 Å². The first kappa shape index (κ1) is 23.2. The van der Waals surface area contributed by atoms with Crippen LogP contribution in [0.4, 0.5) is 4.39 Å². The molecule has 0 saturated heterocycles. The Labute approximate surface area is 186 Å². The van der Waals surface area contributed by atoms with Gasteiger partial charge in [0.2, 0.25) is 0 Å². The molecule has 11 heteroatoms. The van der Waals surface area contributed by atoms with Crippen LogP contribution in [0.15, 0.2) is 60.0 Å². The van der Waals surface area contributed by atoms with Gasteiger partial charge >= 0.3 is 5.97 Å². The Balaban J connectivity index is 1.91. The van der Waals surface area contributed by atoms with Gasteiger partial charge < -0.3 is 21.1 Å². The largest absolute Gasteiger partial charge is 0.480 e. The van der Waals surface area contributed by atoms with Gasteiger partial charge in [0, 0.05) is 21.2 Å². The molecule has 3 aromatic rings. The maximum atomic E-state index is 13.4. The maximum Gasteiger partial charge on any atom is 0.321 e. The second-order valence-corrected chi connectivity index (χ2v) is 8.37. The Bertz CT molecular complexity index is 1040. The van der Waals surface area contributed by atoms with E-state index in [0.29, 0.717) is 4.90 Å². The molecule has 0 aliphatic rings. The first-order valence-corrected chi connectivity index (χ1v) is 10.5. The minimum atomic E-state index is -1.90. The van der Waals surface area contributed by atoms with E-state index in [-0.39, 0.29) is 28.4 Å². The summed E-state index contributed by atoms with van der Waals surface area (Å²) in [7, 11) is 0. The van der Waals surface area contributed by atoms with Crippen molar-refractivity contribution in [1.82, 2.24) is 14.8 Å². The van der Waals surface area contributed by atoms with Crippen LogP contribution in [0.2, 0.25) is 5.02 Å². The number of halogens is 2. The van der Waals surface area contributed by atoms with Gasteiger partial charge in [-0.1, -0.05) is 29.8 Å². The number of aliphatic hydroxyl groups excluding tert-OH is 1. The lowest BCUT2D eigenvalue weighted by molar-refractivity contribution is -0.137. The van der Waals surface area contributed by atoms with Gasteiger partial charge in [-0.3, -0.25) is 4.79 Å². The van der Waals surface area contributed by atoms with Gasteiger partial charge in [0.1, 0.15) is 36.2 Å². The molecule has 1 aromatic heterocycles. The van der Waals surface area contributed by atoms with Gasteiger partial charge in [0.15, 0.2) is 0 Å². The molecule has 3 rings (SSSR count). The summed E-state index contributed by atoms with van der Waals surface area (Å²) in [5, 5.41) is 35.7. The number of nitrogens with two attached hydrogens (primary N) is 1. The highest BCUT2D eigenvalue weighted by atomic mass is 35.5. The number of aliphatic carboxylic acids is 1. The molecule has 0 aliphatic carbocycles. The molecule has 1 heterocycles. The zero-order chi connectivity index (χ0) is 22.6. The monoisotopic (exact) mass is 466 g/mol. The third kappa shape index (κ3) is 5.41. The lowest BCUT2D eigenvalue weighted by atomic mass is 9.84. The molecular formula is C20H20ClFN4O4S. The average molecular weight is 467 g/mol. The summed E-state index contributed by atoms with van der Waals surface area (Å²) in [5.41, 5.74) is 4.11. The normalized spacial score (nSPS) is 15.3. The van der Waals surface area contributed by atoms with Crippen molar-refractivity contribution < 1.29 is 24.5 Å². The van der Waals surface area contributed by atoms with Crippen molar-refractivity contribution in [1.29, 1.82) is 0 Å². The summed E-state index contributed by atoms with van der Waals surface area (Å²) in [6.07, 6.45) is 1.18. The highest BCUT2D eigenvalue weighted by Gasteiger charge is 2.40. The van der Waals surface area contributed by atoms with Crippen LogP contribution in [-0.4, -0.2) is 47.8 Å². The fourth-order valence-corrected chi connectivity index (χ4v) is 4.20. The summed E-state index contributed by atoms with van der Waals surface area (Å²) in [4.78, 5) is 15.4. The topological polar surface area (TPSA) is 134 Å². The van der Waals surface area contributed by atoms with Crippen molar-refractivity contribution in [2.75, 3.05) is 5.75 Å². The summed E-state index contributed by atoms with van der Waals surface area (Å²) in [5.74, 6) is -1.46. The lowest BCUT2D eigenvalue weighted by Gasteiger charge is -2.34. The molecule has 164 valence electrons. The van der Waals surface area contributed by atoms with Crippen molar-refractivity contribution in [2.24, 2.45) is 5.73 Å². The van der Waals surface area contributed by atoms with Crippen molar-refractivity contribution in [3.05, 3.63) is 77.1 Å². The molecule has 2 unspecified atom stereocenters. The zero-order valence-electron chi connectivity index (χ0n) is 16.1. The van der Waals surface area contributed by atoms with Gasteiger partial charge in [-0.05, 0) is 29.8 Å². The number of nitrogens with zero attached hydrogens (tertiary/aromatic N) is 3. The van der Waals surface area contributed by atoms with Gasteiger partial charge in [0.25, 0.3) is 0 Å². The molecule has 0 bridgehead atoms. The molecule has 2 aromatic carbocycles. The van der Waals surface area contributed by atoms with Crippen LogP contribution < -0.4 is 5.73 Å². The first-order chi connectivity index (χ1) is 14.7. The minimum Gasteiger partial charge on any atom is -0.480 e. The molecule has 0 radical (unpaired) electrons. The Hall–Kier alpha value is -2.50. The second kappa shape index (κ2) is 9.75. The van der Waals surface area contributed by atoms with Crippen LogP contribution >= 0.6 is 23.4 Å². The quantitative estimate of drug-likeness (QED) is 0.352. The maximum absolute atomic E-state index is 13.4. The van der Waals surface area contributed by atoms with Crippen molar-refractivity contribution in [3.63, 3.8) is 0 Å². The number of carboxylic acids is 1. The Morgan fingerprint density at radius 1 is 1.29 bits per heavy atom. The van der Waals surface area contributed by atoms with Crippen molar-refractivity contribution >= 4 is 29.3 Å². The molecule has 0 fully saturated rings. The minimum absolute atomic E-state index is 0.138. The van der Waals surface area contributed by atoms with E-state index < -0.39 is 29.5 Å². The van der Waals surface area contributed by atoms with E-state index in [4.69, 9.17) is 22.4 Å². The highest BCUT2D eigenvalue weighted by molar-refractivity contribution is 7.99. The molecule has 5 N–H and O–H groups in total. The third-order valence-electron chi connectivity index (χ3n) is 4.68. The smallest absolute Gasteiger partial charge is 0.321 e. The number of aromatic nitrogens is 3. The molecule has 0 spiro atoms. The van der Waals surface area contributed by atoms with E-state index in [0.717, 1.165) is 0 Å². The molecule has 3 atom stereocenters. The Kier molecular flexibility index (Phi) is 7.29. The van der Waals surface area contributed by atoms with Gasteiger partial charge in [-0.25, -0.2) is 14.1 Å². The highest BCUT2D eigenvalue weighted by Crippen LogP contribution is 2.40. The Morgan fingerprint density at radius 3 is 2.58 bits per heavy atom. The van der Waals surface area contributed by atoms with Crippen LogP contribution in [0.25, 0.3) is 0 Å².